The fraction of sp³-hybridized carbons (Fsp3) is 0.625. The Morgan fingerprint density at radius 2 is 2.00 bits per heavy atom. The zero-order valence-corrected chi connectivity index (χ0v) is 12.0. The summed E-state index contributed by atoms with van der Waals surface area (Å²) >= 11 is 0. The highest BCUT2D eigenvalue weighted by molar-refractivity contribution is 5.36. The van der Waals surface area contributed by atoms with Gasteiger partial charge in [-0.2, -0.15) is 0 Å². The van der Waals surface area contributed by atoms with E-state index in [4.69, 9.17) is 4.74 Å². The number of rotatable bonds is 5. The lowest BCUT2D eigenvalue weighted by molar-refractivity contribution is 0.00467. The molecule has 0 spiro atoms. The minimum Gasteiger partial charge on any atom is -0.496 e. The van der Waals surface area contributed by atoms with Crippen LogP contribution < -0.4 is 10.1 Å². The zero-order valence-electron chi connectivity index (χ0n) is 12.0. The van der Waals surface area contributed by atoms with Gasteiger partial charge in [0.1, 0.15) is 5.75 Å². The van der Waals surface area contributed by atoms with Gasteiger partial charge in [-0.15, -0.1) is 0 Å². The fourth-order valence-electron chi connectivity index (χ4n) is 2.80. The molecular weight excluding hydrogens is 238 g/mol. The van der Waals surface area contributed by atoms with E-state index in [9.17, 15) is 5.11 Å². The van der Waals surface area contributed by atoms with Crippen LogP contribution >= 0.6 is 0 Å². The average Bonchev–Trinajstić information content (AvgIpc) is 2.41. The van der Waals surface area contributed by atoms with Gasteiger partial charge in [0.15, 0.2) is 0 Å². The lowest BCUT2D eigenvalue weighted by Crippen LogP contribution is -2.41. The van der Waals surface area contributed by atoms with E-state index in [1.165, 1.54) is 12.0 Å². The highest BCUT2D eigenvalue weighted by Crippen LogP contribution is 2.27. The summed E-state index contributed by atoms with van der Waals surface area (Å²) in [6.45, 7) is 3.50. The van der Waals surface area contributed by atoms with Crippen molar-refractivity contribution < 1.29 is 9.84 Å². The fourth-order valence-corrected chi connectivity index (χ4v) is 2.80. The van der Waals surface area contributed by atoms with E-state index in [0.29, 0.717) is 6.54 Å². The van der Waals surface area contributed by atoms with E-state index in [0.717, 1.165) is 43.5 Å². The second-order valence-electron chi connectivity index (χ2n) is 5.69. The van der Waals surface area contributed by atoms with Crippen molar-refractivity contribution in [2.24, 2.45) is 0 Å². The normalized spacial score (nSPS) is 18.3. The van der Waals surface area contributed by atoms with Gasteiger partial charge in [0.25, 0.3) is 0 Å². The maximum Gasteiger partial charge on any atom is 0.122 e. The number of aliphatic hydroxyl groups is 1. The Bertz CT molecular complexity index is 411. The summed E-state index contributed by atoms with van der Waals surface area (Å²) in [5.74, 6) is 0.927. The summed E-state index contributed by atoms with van der Waals surface area (Å²) in [5.41, 5.74) is 1.85. The number of hydrogen-bond donors (Lipinski definition) is 2. The summed E-state index contributed by atoms with van der Waals surface area (Å²) < 4.78 is 5.32. The van der Waals surface area contributed by atoms with Crippen LogP contribution in [0.1, 0.15) is 43.2 Å². The molecule has 1 aliphatic rings. The first-order valence-corrected chi connectivity index (χ1v) is 7.20. The molecule has 3 heteroatoms. The molecule has 0 amide bonds. The SMILES string of the molecule is COc1cc(CNCC2(O)CCCCC2)ccc1C. The van der Waals surface area contributed by atoms with Crippen molar-refractivity contribution >= 4 is 0 Å². The minimum absolute atomic E-state index is 0.493. The highest BCUT2D eigenvalue weighted by Gasteiger charge is 2.28. The molecule has 0 unspecified atom stereocenters. The van der Waals surface area contributed by atoms with Gasteiger partial charge in [-0.1, -0.05) is 31.4 Å². The van der Waals surface area contributed by atoms with Gasteiger partial charge >= 0.3 is 0 Å². The first-order chi connectivity index (χ1) is 9.13. The number of ether oxygens (including phenoxy) is 1. The van der Waals surface area contributed by atoms with Crippen LogP contribution in [0.25, 0.3) is 0 Å². The van der Waals surface area contributed by atoms with Gasteiger partial charge < -0.3 is 15.2 Å². The van der Waals surface area contributed by atoms with E-state index < -0.39 is 5.60 Å². The smallest absolute Gasteiger partial charge is 0.122 e. The Morgan fingerprint density at radius 3 is 2.68 bits per heavy atom. The Hall–Kier alpha value is -1.06. The Kier molecular flexibility index (Phi) is 4.83. The molecule has 0 aromatic heterocycles. The molecule has 3 nitrogen and oxygen atoms in total. The molecule has 0 radical (unpaired) electrons. The van der Waals surface area contributed by atoms with Crippen LogP contribution in [0.5, 0.6) is 5.75 Å². The van der Waals surface area contributed by atoms with Gasteiger partial charge in [0.2, 0.25) is 0 Å². The Morgan fingerprint density at radius 1 is 1.26 bits per heavy atom. The van der Waals surface area contributed by atoms with Crippen molar-refractivity contribution in [1.29, 1.82) is 0 Å². The van der Waals surface area contributed by atoms with Crippen molar-refractivity contribution in [3.05, 3.63) is 29.3 Å². The summed E-state index contributed by atoms with van der Waals surface area (Å²) in [6, 6.07) is 6.24. The van der Waals surface area contributed by atoms with Crippen LogP contribution in [0.4, 0.5) is 0 Å². The summed E-state index contributed by atoms with van der Waals surface area (Å²) in [4.78, 5) is 0. The lowest BCUT2D eigenvalue weighted by atomic mass is 9.85. The third-order valence-electron chi connectivity index (χ3n) is 4.04. The van der Waals surface area contributed by atoms with Crippen LogP contribution in [0, 0.1) is 6.92 Å². The van der Waals surface area contributed by atoms with Gasteiger partial charge in [0.05, 0.1) is 12.7 Å². The summed E-state index contributed by atoms with van der Waals surface area (Å²) in [6.07, 6.45) is 5.42. The molecule has 1 aromatic carbocycles. The maximum absolute atomic E-state index is 10.4. The molecule has 19 heavy (non-hydrogen) atoms. The molecule has 0 bridgehead atoms. The summed E-state index contributed by atoms with van der Waals surface area (Å²) in [5, 5.41) is 13.8. The van der Waals surface area contributed by atoms with E-state index >= 15 is 0 Å². The molecule has 1 saturated carbocycles. The number of hydrogen-bond acceptors (Lipinski definition) is 3. The molecule has 0 heterocycles. The van der Waals surface area contributed by atoms with Crippen LogP contribution in [-0.4, -0.2) is 24.4 Å². The number of methoxy groups -OCH3 is 1. The topological polar surface area (TPSA) is 41.5 Å². The van der Waals surface area contributed by atoms with E-state index in [1.54, 1.807) is 7.11 Å². The molecular formula is C16H25NO2. The summed E-state index contributed by atoms with van der Waals surface area (Å²) in [7, 11) is 1.70. The van der Waals surface area contributed by atoms with E-state index in [1.807, 2.05) is 6.92 Å². The second-order valence-corrected chi connectivity index (χ2v) is 5.69. The third-order valence-corrected chi connectivity index (χ3v) is 4.04. The van der Waals surface area contributed by atoms with Gasteiger partial charge in [-0.25, -0.2) is 0 Å². The van der Waals surface area contributed by atoms with Crippen LogP contribution in [-0.2, 0) is 6.54 Å². The van der Waals surface area contributed by atoms with Crippen molar-refractivity contribution in [1.82, 2.24) is 5.32 Å². The van der Waals surface area contributed by atoms with Crippen LogP contribution in [0.2, 0.25) is 0 Å². The average molecular weight is 263 g/mol. The molecule has 2 rings (SSSR count). The molecule has 1 fully saturated rings. The van der Waals surface area contributed by atoms with Crippen molar-refractivity contribution in [2.45, 2.75) is 51.2 Å². The van der Waals surface area contributed by atoms with Crippen molar-refractivity contribution in [3.63, 3.8) is 0 Å². The van der Waals surface area contributed by atoms with Gasteiger partial charge in [0, 0.05) is 13.1 Å². The quantitative estimate of drug-likeness (QED) is 0.858. The monoisotopic (exact) mass is 263 g/mol. The maximum atomic E-state index is 10.4. The Labute approximate surface area is 116 Å². The van der Waals surface area contributed by atoms with Crippen LogP contribution in [0.15, 0.2) is 18.2 Å². The largest absolute Gasteiger partial charge is 0.496 e. The number of aryl methyl sites for hydroxylation is 1. The predicted octanol–water partition coefficient (Wildman–Crippen LogP) is 2.79. The molecule has 0 aliphatic heterocycles. The van der Waals surface area contributed by atoms with Gasteiger partial charge in [-0.3, -0.25) is 0 Å². The van der Waals surface area contributed by atoms with Crippen molar-refractivity contribution in [2.75, 3.05) is 13.7 Å². The predicted molar refractivity (Wildman–Crippen MR) is 77.5 cm³/mol. The van der Waals surface area contributed by atoms with Gasteiger partial charge in [-0.05, 0) is 37.0 Å². The van der Waals surface area contributed by atoms with Crippen molar-refractivity contribution in [3.8, 4) is 5.75 Å². The second kappa shape index (κ2) is 6.40. The molecule has 1 aromatic rings. The highest BCUT2D eigenvalue weighted by atomic mass is 16.5. The Balaban J connectivity index is 1.85. The number of benzene rings is 1. The lowest BCUT2D eigenvalue weighted by Gasteiger charge is -2.32. The molecule has 1 aliphatic carbocycles. The first-order valence-electron chi connectivity index (χ1n) is 7.20. The number of nitrogens with one attached hydrogen (secondary N) is 1. The first kappa shape index (κ1) is 14.4. The third kappa shape index (κ3) is 3.95. The van der Waals surface area contributed by atoms with E-state index in [2.05, 4.69) is 23.5 Å². The molecule has 0 saturated heterocycles. The van der Waals surface area contributed by atoms with E-state index in [-0.39, 0.29) is 0 Å². The minimum atomic E-state index is -0.493. The molecule has 0 atom stereocenters. The zero-order chi connectivity index (χ0) is 13.7. The molecule has 2 N–H and O–H groups in total. The molecule has 106 valence electrons. The standard InChI is InChI=1S/C16H25NO2/c1-13-6-7-14(10-15(13)19-2)11-17-12-16(18)8-4-3-5-9-16/h6-7,10,17-18H,3-5,8-9,11-12H2,1-2H3. The van der Waals surface area contributed by atoms with Crippen LogP contribution in [0.3, 0.4) is 0 Å².